The lowest BCUT2D eigenvalue weighted by molar-refractivity contribution is -0.167. The molecule has 1 atom stereocenters. The lowest BCUT2D eigenvalue weighted by Crippen LogP contribution is -2.30. The minimum absolute atomic E-state index is 0.0670. The first-order valence-corrected chi connectivity index (χ1v) is 37.5. The number of hydrogen-bond donors (Lipinski definition) is 0. The molecular formula is C77H144O6. The Balaban J connectivity index is 4.04. The molecule has 0 bridgehead atoms. The van der Waals surface area contributed by atoms with Gasteiger partial charge in [-0.1, -0.05) is 359 Å². The van der Waals surface area contributed by atoms with Gasteiger partial charge in [0.1, 0.15) is 13.2 Å². The van der Waals surface area contributed by atoms with Gasteiger partial charge in [-0.3, -0.25) is 14.4 Å². The standard InChI is InChI=1S/C77H144O6/c1-4-7-10-13-16-19-21-23-25-27-29-31-33-34-35-36-37-38-39-40-41-42-44-45-47-49-51-53-55-58-61-64-67-70-76(79)82-73-74(72-81-75(78)69-66-63-60-57-18-15-12-9-6-3)83-77(80)71-68-65-62-59-56-54-52-50-48-46-43-32-30-28-26-24-22-20-17-14-11-8-5-2/h22,24,27-30,74H,4-21,23,25-26,31-73H2,1-3H3/b24-22-,29-27-,30-28-. The number of rotatable bonds is 70. The molecule has 0 aromatic rings. The highest BCUT2D eigenvalue weighted by atomic mass is 16.6. The zero-order valence-corrected chi connectivity index (χ0v) is 56.2. The third kappa shape index (κ3) is 70.3. The highest BCUT2D eigenvalue weighted by Gasteiger charge is 2.20. The molecule has 0 spiro atoms. The summed E-state index contributed by atoms with van der Waals surface area (Å²) in [6.45, 7) is 6.68. The molecule has 0 aliphatic rings. The first-order valence-electron chi connectivity index (χ1n) is 37.5. The van der Waals surface area contributed by atoms with Crippen LogP contribution >= 0.6 is 0 Å². The summed E-state index contributed by atoms with van der Waals surface area (Å²) >= 11 is 0. The van der Waals surface area contributed by atoms with Crippen molar-refractivity contribution in [3.63, 3.8) is 0 Å². The Morgan fingerprint density at radius 2 is 0.434 bits per heavy atom. The molecule has 0 aromatic heterocycles. The van der Waals surface area contributed by atoms with E-state index in [9.17, 15) is 14.4 Å². The van der Waals surface area contributed by atoms with Gasteiger partial charge in [0, 0.05) is 19.3 Å². The molecule has 0 heterocycles. The van der Waals surface area contributed by atoms with Crippen molar-refractivity contribution >= 4 is 17.9 Å². The van der Waals surface area contributed by atoms with Crippen molar-refractivity contribution in [2.24, 2.45) is 0 Å². The molecule has 6 heteroatoms. The van der Waals surface area contributed by atoms with E-state index < -0.39 is 6.10 Å². The minimum atomic E-state index is -0.770. The van der Waals surface area contributed by atoms with Gasteiger partial charge in [0.15, 0.2) is 6.10 Å². The van der Waals surface area contributed by atoms with Crippen LogP contribution in [-0.4, -0.2) is 37.2 Å². The maximum Gasteiger partial charge on any atom is 0.306 e. The van der Waals surface area contributed by atoms with E-state index in [4.69, 9.17) is 14.2 Å². The highest BCUT2D eigenvalue weighted by molar-refractivity contribution is 5.71. The Labute approximate surface area is 518 Å². The maximum absolute atomic E-state index is 12.9. The van der Waals surface area contributed by atoms with Crippen molar-refractivity contribution in [1.29, 1.82) is 0 Å². The van der Waals surface area contributed by atoms with Crippen molar-refractivity contribution in [3.05, 3.63) is 36.5 Å². The summed E-state index contributed by atoms with van der Waals surface area (Å²) in [5, 5.41) is 0. The average Bonchev–Trinajstić information content (AvgIpc) is 3.49. The number of hydrogen-bond acceptors (Lipinski definition) is 6. The van der Waals surface area contributed by atoms with Crippen molar-refractivity contribution in [1.82, 2.24) is 0 Å². The van der Waals surface area contributed by atoms with Gasteiger partial charge in [-0.2, -0.15) is 0 Å². The Bertz CT molecular complexity index is 1380. The Kier molecular flexibility index (Phi) is 70.0. The monoisotopic (exact) mass is 1170 g/mol. The van der Waals surface area contributed by atoms with Crippen molar-refractivity contribution in [2.45, 2.75) is 425 Å². The number of unbranched alkanes of at least 4 members (excludes halogenated alkanes) is 53. The fourth-order valence-electron chi connectivity index (χ4n) is 11.5. The molecule has 1 unspecified atom stereocenters. The normalized spacial score (nSPS) is 12.2. The first kappa shape index (κ1) is 80.6. The highest BCUT2D eigenvalue weighted by Crippen LogP contribution is 2.19. The molecule has 488 valence electrons. The molecule has 0 saturated heterocycles. The van der Waals surface area contributed by atoms with Crippen LogP contribution in [0.15, 0.2) is 36.5 Å². The summed E-state index contributed by atoms with van der Waals surface area (Å²) in [6.07, 6.45) is 90.7. The van der Waals surface area contributed by atoms with E-state index in [1.165, 1.54) is 315 Å². The van der Waals surface area contributed by atoms with Crippen LogP contribution in [-0.2, 0) is 28.6 Å². The lowest BCUT2D eigenvalue weighted by Gasteiger charge is -2.18. The summed E-state index contributed by atoms with van der Waals surface area (Å²) in [4.78, 5) is 38.3. The van der Waals surface area contributed by atoms with Crippen LogP contribution in [0.25, 0.3) is 0 Å². The molecule has 83 heavy (non-hydrogen) atoms. The van der Waals surface area contributed by atoms with E-state index in [1.54, 1.807) is 0 Å². The zero-order chi connectivity index (χ0) is 59.9. The molecule has 0 saturated carbocycles. The summed E-state index contributed by atoms with van der Waals surface area (Å²) in [6, 6.07) is 0. The quantitative estimate of drug-likeness (QED) is 0.0261. The lowest BCUT2D eigenvalue weighted by atomic mass is 10.0. The largest absolute Gasteiger partial charge is 0.462 e. The molecule has 0 aliphatic carbocycles. The number of carbonyl (C=O) groups excluding carboxylic acids is 3. The number of esters is 3. The molecule has 0 amide bonds. The van der Waals surface area contributed by atoms with E-state index in [0.29, 0.717) is 19.3 Å². The van der Waals surface area contributed by atoms with Crippen LogP contribution in [0.4, 0.5) is 0 Å². The predicted molar refractivity (Wildman–Crippen MR) is 362 cm³/mol. The summed E-state index contributed by atoms with van der Waals surface area (Å²) < 4.78 is 17.0. The van der Waals surface area contributed by atoms with E-state index in [-0.39, 0.29) is 31.1 Å². The SMILES string of the molecule is CCCCCCC/C=C\C/C=C\CCCCCCCCCCCCCC(=O)OC(COC(=O)CCCCCCCCCCC)COC(=O)CCCCCCCCCCCCCCCCCCCCCCC/C=C\CCCCCCCCCC. The van der Waals surface area contributed by atoms with Crippen LogP contribution in [0.1, 0.15) is 419 Å². The summed E-state index contributed by atoms with van der Waals surface area (Å²) in [7, 11) is 0. The third-order valence-electron chi connectivity index (χ3n) is 17.1. The molecule has 6 nitrogen and oxygen atoms in total. The molecular weight excluding hydrogens is 1020 g/mol. The second kappa shape index (κ2) is 72.1. The molecule has 0 fully saturated rings. The molecule has 0 radical (unpaired) electrons. The van der Waals surface area contributed by atoms with Gasteiger partial charge >= 0.3 is 17.9 Å². The number of allylic oxidation sites excluding steroid dienone is 6. The van der Waals surface area contributed by atoms with Crippen LogP contribution in [0.2, 0.25) is 0 Å². The predicted octanol–water partition coefficient (Wildman–Crippen LogP) is 25.9. The van der Waals surface area contributed by atoms with E-state index in [1.807, 2.05) is 0 Å². The van der Waals surface area contributed by atoms with Gasteiger partial charge in [-0.25, -0.2) is 0 Å². The first-order chi connectivity index (χ1) is 41.0. The van der Waals surface area contributed by atoms with E-state index >= 15 is 0 Å². The van der Waals surface area contributed by atoms with Gasteiger partial charge in [0.05, 0.1) is 0 Å². The number of ether oxygens (including phenoxy) is 3. The molecule has 0 aromatic carbocycles. The number of carbonyl (C=O) groups is 3. The molecule has 0 rings (SSSR count). The zero-order valence-electron chi connectivity index (χ0n) is 56.2. The Hall–Kier alpha value is -2.37. The van der Waals surface area contributed by atoms with Gasteiger partial charge in [-0.05, 0) is 77.0 Å². The van der Waals surface area contributed by atoms with Crippen LogP contribution in [0.5, 0.6) is 0 Å². The third-order valence-corrected chi connectivity index (χ3v) is 17.1. The minimum Gasteiger partial charge on any atom is -0.462 e. The fraction of sp³-hybridized carbons (Fsp3) is 0.883. The van der Waals surface area contributed by atoms with Gasteiger partial charge in [-0.15, -0.1) is 0 Å². The van der Waals surface area contributed by atoms with Crippen molar-refractivity contribution in [2.75, 3.05) is 13.2 Å². The van der Waals surface area contributed by atoms with E-state index in [2.05, 4.69) is 57.2 Å². The second-order valence-corrected chi connectivity index (χ2v) is 25.6. The Morgan fingerprint density at radius 3 is 0.675 bits per heavy atom. The van der Waals surface area contributed by atoms with Crippen LogP contribution < -0.4 is 0 Å². The topological polar surface area (TPSA) is 78.9 Å². The molecule has 0 N–H and O–H groups in total. The van der Waals surface area contributed by atoms with E-state index in [0.717, 1.165) is 64.2 Å². The van der Waals surface area contributed by atoms with Crippen molar-refractivity contribution < 1.29 is 28.6 Å². The summed E-state index contributed by atoms with van der Waals surface area (Å²) in [5.74, 6) is -0.843. The second-order valence-electron chi connectivity index (χ2n) is 25.6. The van der Waals surface area contributed by atoms with Gasteiger partial charge in [0.2, 0.25) is 0 Å². The van der Waals surface area contributed by atoms with Gasteiger partial charge < -0.3 is 14.2 Å². The maximum atomic E-state index is 12.9. The van der Waals surface area contributed by atoms with Gasteiger partial charge in [0.25, 0.3) is 0 Å². The average molecular weight is 1170 g/mol. The molecule has 0 aliphatic heterocycles. The summed E-state index contributed by atoms with van der Waals surface area (Å²) in [5.41, 5.74) is 0. The van der Waals surface area contributed by atoms with Crippen LogP contribution in [0.3, 0.4) is 0 Å². The Morgan fingerprint density at radius 1 is 0.241 bits per heavy atom. The van der Waals surface area contributed by atoms with Crippen molar-refractivity contribution in [3.8, 4) is 0 Å². The smallest absolute Gasteiger partial charge is 0.306 e. The van der Waals surface area contributed by atoms with Crippen LogP contribution in [0, 0.1) is 0 Å². The fourth-order valence-corrected chi connectivity index (χ4v) is 11.5.